The van der Waals surface area contributed by atoms with Crippen LogP contribution in [0.1, 0.15) is 59.1 Å². The number of aryl methyl sites for hydroxylation is 2. The molecule has 0 heterocycles. The molecule has 0 spiro atoms. The molecule has 2 aromatic rings. The summed E-state index contributed by atoms with van der Waals surface area (Å²) in [6.07, 6.45) is 12.0. The lowest BCUT2D eigenvalue weighted by Gasteiger charge is -2.19. The second-order valence-corrected chi connectivity index (χ2v) is 7.05. The molecule has 0 amide bonds. The summed E-state index contributed by atoms with van der Waals surface area (Å²) in [5.74, 6) is 0. The van der Waals surface area contributed by atoms with Crippen LogP contribution >= 0.6 is 0 Å². The maximum absolute atomic E-state index is 2.42. The van der Waals surface area contributed by atoms with Crippen molar-refractivity contribution in [2.45, 2.75) is 57.8 Å². The zero-order chi connectivity index (χ0) is 13.8. The van der Waals surface area contributed by atoms with Crippen LogP contribution < -0.4 is 0 Å². The fraction of sp³-hybridized carbons (Fsp3) is 0.429. The van der Waals surface area contributed by atoms with Gasteiger partial charge in [0, 0.05) is 0 Å². The van der Waals surface area contributed by atoms with Crippen molar-refractivity contribution in [3.63, 3.8) is 0 Å². The maximum atomic E-state index is 2.42. The van der Waals surface area contributed by atoms with E-state index in [0.29, 0.717) is 0 Å². The van der Waals surface area contributed by atoms with E-state index in [1.165, 1.54) is 57.8 Å². The number of rotatable bonds is 0. The zero-order valence-electron chi connectivity index (χ0n) is 12.7. The van der Waals surface area contributed by atoms with Gasteiger partial charge >= 0.3 is 0 Å². The van der Waals surface area contributed by atoms with Crippen molar-refractivity contribution in [2.24, 2.45) is 0 Å². The van der Waals surface area contributed by atoms with Gasteiger partial charge in [0.2, 0.25) is 0 Å². The van der Waals surface area contributed by atoms with Crippen molar-refractivity contribution in [1.29, 1.82) is 0 Å². The van der Waals surface area contributed by atoms with Crippen LogP contribution in [0.4, 0.5) is 0 Å². The minimum absolute atomic E-state index is 1.22. The average molecular weight is 274 g/mol. The molecule has 0 aliphatic heterocycles. The molecule has 2 aromatic carbocycles. The summed E-state index contributed by atoms with van der Waals surface area (Å²) in [5, 5.41) is 0. The molecule has 21 heavy (non-hydrogen) atoms. The molecule has 0 unspecified atom stereocenters. The largest absolute Gasteiger partial charge is 0.0581 e. The summed E-state index contributed by atoms with van der Waals surface area (Å²) in [6, 6.07) is 9.67. The van der Waals surface area contributed by atoms with E-state index in [9.17, 15) is 0 Å². The van der Waals surface area contributed by atoms with E-state index in [1.807, 2.05) is 0 Å². The maximum Gasteiger partial charge on any atom is -0.000778 e. The summed E-state index contributed by atoms with van der Waals surface area (Å²) in [7, 11) is 0. The Kier molecular flexibility index (Phi) is 2.56. The van der Waals surface area contributed by atoms with E-state index in [-0.39, 0.29) is 0 Å². The first-order valence-electron chi connectivity index (χ1n) is 8.69. The van der Waals surface area contributed by atoms with Crippen LogP contribution in [0, 0.1) is 0 Å². The molecule has 0 atom stereocenters. The number of hydrogen-bond acceptors (Lipinski definition) is 0. The molecule has 0 saturated carbocycles. The van der Waals surface area contributed by atoms with Crippen LogP contribution in [0.15, 0.2) is 24.3 Å². The van der Waals surface area contributed by atoms with Crippen molar-refractivity contribution in [3.8, 4) is 11.1 Å². The Hall–Kier alpha value is -1.56. The standard InChI is InChI=1S/C21H22/c1-3-7-16-14(5-1)9-11-18-19-12-10-15-6-2-4-8-17(15)21(19)13-20(16)18/h9-12H,1-8,13H2. The summed E-state index contributed by atoms with van der Waals surface area (Å²) in [4.78, 5) is 0. The van der Waals surface area contributed by atoms with E-state index in [0.717, 1.165) is 0 Å². The normalized spacial score (nSPS) is 18.7. The first-order valence-corrected chi connectivity index (χ1v) is 8.69. The number of fused-ring (bicyclic) bond motifs is 7. The molecule has 0 radical (unpaired) electrons. The van der Waals surface area contributed by atoms with Gasteiger partial charge in [-0.3, -0.25) is 0 Å². The lowest BCUT2D eigenvalue weighted by Crippen LogP contribution is -2.07. The van der Waals surface area contributed by atoms with Gasteiger partial charge in [0.05, 0.1) is 0 Å². The molecule has 0 N–H and O–H groups in total. The van der Waals surface area contributed by atoms with Crippen molar-refractivity contribution >= 4 is 0 Å². The molecular formula is C21H22. The Morgan fingerprint density at radius 1 is 0.476 bits per heavy atom. The summed E-state index contributed by atoms with van der Waals surface area (Å²) in [6.45, 7) is 0. The summed E-state index contributed by atoms with van der Waals surface area (Å²) >= 11 is 0. The van der Waals surface area contributed by atoms with Crippen LogP contribution in [0.25, 0.3) is 11.1 Å². The second kappa shape index (κ2) is 4.47. The van der Waals surface area contributed by atoms with Gasteiger partial charge in [-0.15, -0.1) is 0 Å². The van der Waals surface area contributed by atoms with Gasteiger partial charge in [0.1, 0.15) is 0 Å². The van der Waals surface area contributed by atoms with Gasteiger partial charge in [0.25, 0.3) is 0 Å². The number of benzene rings is 2. The Morgan fingerprint density at radius 2 is 0.952 bits per heavy atom. The molecule has 0 fully saturated rings. The SMILES string of the molecule is c1cc2c(c3c1CCCC3)Cc1c-2ccc2c1CCCC2. The fourth-order valence-electron chi connectivity index (χ4n) is 4.89. The Morgan fingerprint density at radius 3 is 1.48 bits per heavy atom. The molecule has 0 bridgehead atoms. The third kappa shape index (κ3) is 1.68. The first kappa shape index (κ1) is 12.0. The lowest BCUT2D eigenvalue weighted by atomic mass is 9.86. The van der Waals surface area contributed by atoms with Crippen LogP contribution in [-0.2, 0) is 32.1 Å². The van der Waals surface area contributed by atoms with E-state index < -0.39 is 0 Å². The van der Waals surface area contributed by atoms with Gasteiger partial charge in [-0.2, -0.15) is 0 Å². The van der Waals surface area contributed by atoms with Crippen LogP contribution in [0.3, 0.4) is 0 Å². The van der Waals surface area contributed by atoms with Gasteiger partial charge in [-0.1, -0.05) is 24.3 Å². The smallest absolute Gasteiger partial charge is 0.000778 e. The molecule has 0 heteroatoms. The zero-order valence-corrected chi connectivity index (χ0v) is 12.7. The van der Waals surface area contributed by atoms with Gasteiger partial charge in [0.15, 0.2) is 0 Å². The van der Waals surface area contributed by atoms with Crippen LogP contribution in [-0.4, -0.2) is 0 Å². The second-order valence-electron chi connectivity index (χ2n) is 7.05. The molecule has 0 nitrogen and oxygen atoms in total. The van der Waals surface area contributed by atoms with E-state index >= 15 is 0 Å². The predicted octanol–water partition coefficient (Wildman–Crippen LogP) is 5.02. The topological polar surface area (TPSA) is 0 Å². The Bertz CT molecular complexity index is 673. The first-order chi connectivity index (χ1) is 10.4. The highest BCUT2D eigenvalue weighted by atomic mass is 14.3. The highest BCUT2D eigenvalue weighted by Crippen LogP contribution is 2.44. The molecular weight excluding hydrogens is 252 g/mol. The summed E-state index contributed by atoms with van der Waals surface area (Å²) < 4.78 is 0. The highest BCUT2D eigenvalue weighted by Gasteiger charge is 2.27. The molecule has 0 aromatic heterocycles. The van der Waals surface area contributed by atoms with Crippen LogP contribution in [0.5, 0.6) is 0 Å². The molecule has 3 aliphatic rings. The van der Waals surface area contributed by atoms with Crippen LogP contribution in [0.2, 0.25) is 0 Å². The minimum atomic E-state index is 1.22. The van der Waals surface area contributed by atoms with Crippen molar-refractivity contribution < 1.29 is 0 Å². The van der Waals surface area contributed by atoms with Gasteiger partial charge in [-0.25, -0.2) is 0 Å². The van der Waals surface area contributed by atoms with Crippen molar-refractivity contribution in [1.82, 2.24) is 0 Å². The third-order valence-electron chi connectivity index (χ3n) is 5.95. The third-order valence-corrected chi connectivity index (χ3v) is 5.95. The average Bonchev–Trinajstić information content (AvgIpc) is 2.94. The van der Waals surface area contributed by atoms with Gasteiger partial charge < -0.3 is 0 Å². The highest BCUT2D eigenvalue weighted by molar-refractivity contribution is 5.80. The van der Waals surface area contributed by atoms with Gasteiger partial charge in [-0.05, 0) is 102 Å². The lowest BCUT2D eigenvalue weighted by molar-refractivity contribution is 0.676. The Balaban J connectivity index is 1.71. The molecule has 5 rings (SSSR count). The Labute approximate surface area is 127 Å². The minimum Gasteiger partial charge on any atom is -0.0581 e. The van der Waals surface area contributed by atoms with E-state index in [4.69, 9.17) is 0 Å². The molecule has 106 valence electrons. The monoisotopic (exact) mass is 274 g/mol. The van der Waals surface area contributed by atoms with E-state index in [1.54, 1.807) is 44.5 Å². The summed E-state index contributed by atoms with van der Waals surface area (Å²) in [5.41, 5.74) is 13.2. The predicted molar refractivity (Wildman–Crippen MR) is 88.0 cm³/mol. The van der Waals surface area contributed by atoms with Crippen molar-refractivity contribution in [3.05, 3.63) is 57.6 Å². The fourth-order valence-corrected chi connectivity index (χ4v) is 4.89. The number of hydrogen-bond donors (Lipinski definition) is 0. The molecule has 3 aliphatic carbocycles. The van der Waals surface area contributed by atoms with E-state index in [2.05, 4.69) is 24.3 Å². The van der Waals surface area contributed by atoms with Crippen molar-refractivity contribution in [2.75, 3.05) is 0 Å². The molecule has 0 saturated heterocycles. The quantitative estimate of drug-likeness (QED) is 0.540.